The molecule has 2 aliphatic heterocycles. The molecule has 0 radical (unpaired) electrons. The largest absolute Gasteiger partial charge is 0.464 e. The van der Waals surface area contributed by atoms with Crippen molar-refractivity contribution in [1.82, 2.24) is 10.2 Å². The fourth-order valence-electron chi connectivity index (χ4n) is 3.47. The number of rotatable bonds is 3. The zero-order chi connectivity index (χ0) is 16.5. The van der Waals surface area contributed by atoms with E-state index in [0.717, 1.165) is 49.4 Å². The fraction of sp³-hybridized carbons (Fsp3) is 0.444. The SMILES string of the molecule is O=C1CCC(c2coc3ccc(CN4CCOCC4)cc23)C(=O)N1. The van der Waals surface area contributed by atoms with E-state index in [-0.39, 0.29) is 17.7 Å². The molecule has 2 saturated heterocycles. The number of piperidine rings is 1. The number of nitrogens with zero attached hydrogens (tertiary/aromatic N) is 1. The van der Waals surface area contributed by atoms with Crippen LogP contribution in [0.5, 0.6) is 0 Å². The van der Waals surface area contributed by atoms with Crippen molar-refractivity contribution in [3.63, 3.8) is 0 Å². The molecular weight excluding hydrogens is 308 g/mol. The van der Waals surface area contributed by atoms with Gasteiger partial charge in [-0.3, -0.25) is 19.8 Å². The van der Waals surface area contributed by atoms with E-state index in [1.54, 1.807) is 6.26 Å². The number of hydrogen-bond donors (Lipinski definition) is 1. The number of carbonyl (C=O) groups is 2. The van der Waals surface area contributed by atoms with E-state index >= 15 is 0 Å². The average molecular weight is 328 g/mol. The summed E-state index contributed by atoms with van der Waals surface area (Å²) in [4.78, 5) is 25.9. The molecule has 1 unspecified atom stereocenters. The van der Waals surface area contributed by atoms with Crippen molar-refractivity contribution in [2.24, 2.45) is 0 Å². The molecule has 2 aromatic rings. The predicted molar refractivity (Wildman–Crippen MR) is 87.4 cm³/mol. The van der Waals surface area contributed by atoms with Crippen molar-refractivity contribution in [3.8, 4) is 0 Å². The van der Waals surface area contributed by atoms with Gasteiger partial charge >= 0.3 is 0 Å². The van der Waals surface area contributed by atoms with Crippen LogP contribution >= 0.6 is 0 Å². The highest BCUT2D eigenvalue weighted by atomic mass is 16.5. The van der Waals surface area contributed by atoms with E-state index in [0.29, 0.717) is 12.8 Å². The summed E-state index contributed by atoms with van der Waals surface area (Å²) in [6, 6.07) is 6.13. The smallest absolute Gasteiger partial charge is 0.234 e. The van der Waals surface area contributed by atoms with Crippen molar-refractivity contribution < 1.29 is 18.7 Å². The molecule has 0 spiro atoms. The van der Waals surface area contributed by atoms with Gasteiger partial charge < -0.3 is 9.15 Å². The number of morpholine rings is 1. The summed E-state index contributed by atoms with van der Waals surface area (Å²) < 4.78 is 11.0. The minimum atomic E-state index is -0.317. The van der Waals surface area contributed by atoms with Crippen LogP contribution in [0.25, 0.3) is 11.0 Å². The summed E-state index contributed by atoms with van der Waals surface area (Å²) in [5.74, 6) is -0.743. The van der Waals surface area contributed by atoms with Crippen LogP contribution in [0.4, 0.5) is 0 Å². The van der Waals surface area contributed by atoms with E-state index in [2.05, 4.69) is 22.3 Å². The van der Waals surface area contributed by atoms with Crippen LogP contribution in [0.2, 0.25) is 0 Å². The number of benzene rings is 1. The molecule has 2 amide bonds. The van der Waals surface area contributed by atoms with E-state index in [4.69, 9.17) is 9.15 Å². The lowest BCUT2D eigenvalue weighted by molar-refractivity contribution is -0.134. The highest BCUT2D eigenvalue weighted by Crippen LogP contribution is 2.33. The minimum absolute atomic E-state index is 0.197. The van der Waals surface area contributed by atoms with Crippen LogP contribution in [0.15, 0.2) is 28.9 Å². The van der Waals surface area contributed by atoms with Gasteiger partial charge in [-0.15, -0.1) is 0 Å². The van der Waals surface area contributed by atoms with Gasteiger partial charge in [-0.05, 0) is 24.1 Å². The monoisotopic (exact) mass is 328 g/mol. The van der Waals surface area contributed by atoms with Gasteiger partial charge in [0.05, 0.1) is 25.4 Å². The highest BCUT2D eigenvalue weighted by molar-refractivity contribution is 6.02. The zero-order valence-corrected chi connectivity index (χ0v) is 13.4. The summed E-state index contributed by atoms with van der Waals surface area (Å²) in [6.45, 7) is 4.27. The lowest BCUT2D eigenvalue weighted by atomic mass is 9.90. The molecule has 6 nitrogen and oxygen atoms in total. The number of fused-ring (bicyclic) bond motifs is 1. The van der Waals surface area contributed by atoms with E-state index in [1.165, 1.54) is 5.56 Å². The van der Waals surface area contributed by atoms with Crippen LogP contribution in [0, 0.1) is 0 Å². The Morgan fingerprint density at radius 1 is 1.21 bits per heavy atom. The summed E-state index contributed by atoms with van der Waals surface area (Å²) in [7, 11) is 0. The Labute approximate surface area is 139 Å². The lowest BCUT2D eigenvalue weighted by Crippen LogP contribution is -2.39. The maximum atomic E-state index is 12.2. The molecular formula is C18H20N2O4. The Bertz CT molecular complexity index is 776. The number of nitrogens with one attached hydrogen (secondary N) is 1. The zero-order valence-electron chi connectivity index (χ0n) is 13.4. The van der Waals surface area contributed by atoms with Crippen LogP contribution in [0.1, 0.15) is 29.9 Å². The van der Waals surface area contributed by atoms with Gasteiger partial charge in [0.1, 0.15) is 5.58 Å². The summed E-state index contributed by atoms with van der Waals surface area (Å²) in [5, 5.41) is 3.39. The molecule has 6 heteroatoms. The van der Waals surface area contributed by atoms with Crippen molar-refractivity contribution in [1.29, 1.82) is 0 Å². The molecule has 0 saturated carbocycles. The van der Waals surface area contributed by atoms with E-state index in [9.17, 15) is 9.59 Å². The number of carbonyl (C=O) groups excluding carboxylic acids is 2. The van der Waals surface area contributed by atoms with E-state index < -0.39 is 0 Å². The van der Waals surface area contributed by atoms with Gasteiger partial charge in [0.25, 0.3) is 0 Å². The molecule has 0 aliphatic carbocycles. The van der Waals surface area contributed by atoms with Crippen LogP contribution in [0.3, 0.4) is 0 Å². The van der Waals surface area contributed by atoms with Gasteiger partial charge in [0.15, 0.2) is 0 Å². The highest BCUT2D eigenvalue weighted by Gasteiger charge is 2.30. The normalized spacial score (nSPS) is 22.8. The number of amides is 2. The molecule has 24 heavy (non-hydrogen) atoms. The predicted octanol–water partition coefficient (Wildman–Crippen LogP) is 1.79. The quantitative estimate of drug-likeness (QED) is 0.870. The third-order valence-electron chi connectivity index (χ3n) is 4.79. The molecule has 1 aromatic heterocycles. The first-order chi connectivity index (χ1) is 11.7. The van der Waals surface area contributed by atoms with Crippen LogP contribution in [-0.4, -0.2) is 43.0 Å². The summed E-state index contributed by atoms with van der Waals surface area (Å²) >= 11 is 0. The second kappa shape index (κ2) is 6.37. The van der Waals surface area contributed by atoms with Gasteiger partial charge in [0, 0.05) is 37.0 Å². The van der Waals surface area contributed by atoms with Gasteiger partial charge in [-0.1, -0.05) is 6.07 Å². The maximum Gasteiger partial charge on any atom is 0.234 e. The van der Waals surface area contributed by atoms with Crippen molar-refractivity contribution in [2.45, 2.75) is 25.3 Å². The van der Waals surface area contributed by atoms with Crippen molar-refractivity contribution in [2.75, 3.05) is 26.3 Å². The maximum absolute atomic E-state index is 12.2. The van der Waals surface area contributed by atoms with Gasteiger partial charge in [-0.25, -0.2) is 0 Å². The second-order valence-corrected chi connectivity index (χ2v) is 6.41. The topological polar surface area (TPSA) is 71.8 Å². The first-order valence-electron chi connectivity index (χ1n) is 8.34. The van der Waals surface area contributed by atoms with Crippen molar-refractivity contribution in [3.05, 3.63) is 35.6 Å². The molecule has 2 fully saturated rings. The Morgan fingerprint density at radius 2 is 2.04 bits per heavy atom. The van der Waals surface area contributed by atoms with Gasteiger partial charge in [0.2, 0.25) is 11.8 Å². The number of imide groups is 1. The summed E-state index contributed by atoms with van der Waals surface area (Å²) in [6.07, 6.45) is 2.56. The standard InChI is InChI=1S/C18H20N2O4/c21-17-4-2-13(18(22)19-17)15-11-24-16-3-1-12(9-14(15)16)10-20-5-7-23-8-6-20/h1,3,9,11,13H,2,4-8,10H2,(H,19,21,22). The Morgan fingerprint density at radius 3 is 2.83 bits per heavy atom. The molecule has 4 rings (SSSR count). The van der Waals surface area contributed by atoms with Crippen LogP contribution < -0.4 is 5.32 Å². The Balaban J connectivity index is 1.61. The molecule has 2 aliphatic rings. The minimum Gasteiger partial charge on any atom is -0.464 e. The third kappa shape index (κ3) is 2.95. The number of hydrogen-bond acceptors (Lipinski definition) is 5. The van der Waals surface area contributed by atoms with Crippen molar-refractivity contribution >= 4 is 22.8 Å². The Hall–Kier alpha value is -2.18. The number of ether oxygens (including phenoxy) is 1. The molecule has 1 aromatic carbocycles. The molecule has 0 bridgehead atoms. The molecule has 126 valence electrons. The summed E-state index contributed by atoms with van der Waals surface area (Å²) in [5.41, 5.74) is 2.85. The first-order valence-corrected chi connectivity index (χ1v) is 8.34. The lowest BCUT2D eigenvalue weighted by Gasteiger charge is -2.26. The fourth-order valence-corrected chi connectivity index (χ4v) is 3.47. The average Bonchev–Trinajstić information content (AvgIpc) is 2.99. The number of furan rings is 1. The molecule has 1 N–H and O–H groups in total. The van der Waals surface area contributed by atoms with E-state index in [1.807, 2.05) is 6.07 Å². The molecule has 3 heterocycles. The second-order valence-electron chi connectivity index (χ2n) is 6.41. The van der Waals surface area contributed by atoms with Gasteiger partial charge in [-0.2, -0.15) is 0 Å². The van der Waals surface area contributed by atoms with Crippen LogP contribution in [-0.2, 0) is 20.9 Å². The molecule has 1 atom stereocenters. The first kappa shape index (κ1) is 15.4. The Kier molecular flexibility index (Phi) is 4.08. The third-order valence-corrected chi connectivity index (χ3v) is 4.79.